The second kappa shape index (κ2) is 8.24. The number of nitrogens with two attached hydrogens (primary N) is 2. The van der Waals surface area contributed by atoms with Crippen LogP contribution in [0.3, 0.4) is 0 Å². The van der Waals surface area contributed by atoms with Crippen LogP contribution in [0.5, 0.6) is 11.5 Å². The lowest BCUT2D eigenvalue weighted by atomic mass is 9.88. The fraction of sp³-hybridized carbons (Fsp3) is 0.0417. The van der Waals surface area contributed by atoms with Crippen LogP contribution in [-0.4, -0.2) is 14.3 Å². The molecule has 32 heavy (non-hydrogen) atoms. The zero-order valence-corrected chi connectivity index (χ0v) is 17.8. The SMILES string of the molecule is C=CS(=O)(=O)Nc1ccc2c(c1)C(N)=C(C(N)=O)C2c1ccc(Oc2ccccc2)cc1. The molecule has 0 aromatic heterocycles. The molecule has 1 amide bonds. The van der Waals surface area contributed by atoms with Gasteiger partial charge in [0.05, 0.1) is 5.57 Å². The van der Waals surface area contributed by atoms with Crippen LogP contribution < -0.4 is 20.9 Å². The van der Waals surface area contributed by atoms with Crippen LogP contribution in [0.2, 0.25) is 0 Å². The summed E-state index contributed by atoms with van der Waals surface area (Å²) in [5.41, 5.74) is 14.9. The molecule has 3 aromatic carbocycles. The highest BCUT2D eigenvalue weighted by Crippen LogP contribution is 2.45. The van der Waals surface area contributed by atoms with Crippen molar-refractivity contribution in [2.75, 3.05) is 4.72 Å². The monoisotopic (exact) mass is 447 g/mol. The lowest BCUT2D eigenvalue weighted by Crippen LogP contribution is -2.20. The van der Waals surface area contributed by atoms with Gasteiger partial charge in [0.2, 0.25) is 5.91 Å². The van der Waals surface area contributed by atoms with Gasteiger partial charge < -0.3 is 16.2 Å². The Balaban J connectivity index is 1.70. The van der Waals surface area contributed by atoms with E-state index in [0.29, 0.717) is 22.7 Å². The number of anilines is 1. The highest BCUT2D eigenvalue weighted by atomic mass is 32.2. The molecular formula is C24H21N3O4S. The molecule has 0 heterocycles. The molecule has 8 heteroatoms. The molecule has 1 unspecified atom stereocenters. The smallest absolute Gasteiger partial charge is 0.254 e. The fourth-order valence-electron chi connectivity index (χ4n) is 3.74. The number of rotatable bonds is 7. The third kappa shape index (κ3) is 4.08. The Hall–Kier alpha value is -4.04. The summed E-state index contributed by atoms with van der Waals surface area (Å²) < 4.78 is 31.8. The van der Waals surface area contributed by atoms with Crippen LogP contribution >= 0.6 is 0 Å². The van der Waals surface area contributed by atoms with Gasteiger partial charge in [0.15, 0.2) is 0 Å². The van der Waals surface area contributed by atoms with Crippen molar-refractivity contribution in [3.63, 3.8) is 0 Å². The first-order valence-electron chi connectivity index (χ1n) is 9.71. The Morgan fingerprint density at radius 2 is 1.66 bits per heavy atom. The third-order valence-corrected chi connectivity index (χ3v) is 6.13. The third-order valence-electron chi connectivity index (χ3n) is 5.17. The summed E-state index contributed by atoms with van der Waals surface area (Å²) in [4.78, 5) is 12.3. The normalized spacial score (nSPS) is 15.2. The van der Waals surface area contributed by atoms with Crippen LogP contribution in [0, 0.1) is 0 Å². The Morgan fingerprint density at radius 1 is 1.00 bits per heavy atom. The first-order chi connectivity index (χ1) is 15.3. The van der Waals surface area contributed by atoms with Crippen molar-refractivity contribution in [3.8, 4) is 11.5 Å². The molecule has 0 aliphatic heterocycles. The zero-order valence-electron chi connectivity index (χ0n) is 17.0. The summed E-state index contributed by atoms with van der Waals surface area (Å²) in [5.74, 6) is 0.243. The average molecular weight is 448 g/mol. The van der Waals surface area contributed by atoms with Crippen molar-refractivity contribution >= 4 is 27.3 Å². The molecule has 1 atom stereocenters. The van der Waals surface area contributed by atoms with Gasteiger partial charge in [-0.3, -0.25) is 9.52 Å². The summed E-state index contributed by atoms with van der Waals surface area (Å²) in [7, 11) is -3.68. The molecular weight excluding hydrogens is 426 g/mol. The van der Waals surface area contributed by atoms with Crippen molar-refractivity contribution in [1.29, 1.82) is 0 Å². The second-order valence-corrected chi connectivity index (χ2v) is 8.85. The summed E-state index contributed by atoms with van der Waals surface area (Å²) >= 11 is 0. The van der Waals surface area contributed by atoms with Crippen molar-refractivity contribution in [1.82, 2.24) is 0 Å². The fourth-order valence-corrected chi connectivity index (χ4v) is 4.28. The minimum Gasteiger partial charge on any atom is -0.457 e. The van der Waals surface area contributed by atoms with E-state index < -0.39 is 21.8 Å². The number of fused-ring (bicyclic) bond motifs is 1. The van der Waals surface area contributed by atoms with Gasteiger partial charge in [0.25, 0.3) is 10.0 Å². The molecule has 0 fully saturated rings. The van der Waals surface area contributed by atoms with E-state index in [1.165, 1.54) is 0 Å². The van der Waals surface area contributed by atoms with Gasteiger partial charge in [-0.1, -0.05) is 43.0 Å². The number of sulfonamides is 1. The Labute approximate surface area is 186 Å². The number of para-hydroxylation sites is 1. The van der Waals surface area contributed by atoms with E-state index >= 15 is 0 Å². The maximum atomic E-state index is 12.3. The highest BCUT2D eigenvalue weighted by Gasteiger charge is 2.34. The van der Waals surface area contributed by atoms with E-state index in [-0.39, 0.29) is 11.3 Å². The van der Waals surface area contributed by atoms with Gasteiger partial charge in [-0.2, -0.15) is 0 Å². The van der Waals surface area contributed by atoms with E-state index in [9.17, 15) is 13.2 Å². The molecule has 0 radical (unpaired) electrons. The quantitative estimate of drug-likeness (QED) is 0.510. The van der Waals surface area contributed by atoms with Crippen molar-refractivity contribution in [3.05, 3.63) is 107 Å². The van der Waals surface area contributed by atoms with Crippen LogP contribution in [0.4, 0.5) is 5.69 Å². The van der Waals surface area contributed by atoms with E-state index in [4.69, 9.17) is 16.2 Å². The average Bonchev–Trinajstić information content (AvgIpc) is 3.07. The number of hydrogen-bond acceptors (Lipinski definition) is 5. The first kappa shape index (κ1) is 21.2. The Bertz CT molecular complexity index is 1330. The number of ether oxygens (including phenoxy) is 1. The summed E-state index contributed by atoms with van der Waals surface area (Å²) in [6.45, 7) is 3.28. The van der Waals surface area contributed by atoms with Gasteiger partial charge in [0.1, 0.15) is 11.5 Å². The van der Waals surface area contributed by atoms with Crippen LogP contribution in [0.15, 0.2) is 90.4 Å². The lowest BCUT2D eigenvalue weighted by molar-refractivity contribution is -0.114. The maximum Gasteiger partial charge on any atom is 0.254 e. The van der Waals surface area contributed by atoms with Gasteiger partial charge in [-0.15, -0.1) is 0 Å². The molecule has 4 rings (SSSR count). The molecule has 162 valence electrons. The molecule has 1 aliphatic carbocycles. The number of benzene rings is 3. The topological polar surface area (TPSA) is 125 Å². The number of primary amides is 1. The van der Waals surface area contributed by atoms with Crippen LogP contribution in [0.25, 0.3) is 5.70 Å². The van der Waals surface area contributed by atoms with Gasteiger partial charge in [-0.05, 0) is 47.5 Å². The molecule has 1 aliphatic rings. The lowest BCUT2D eigenvalue weighted by Gasteiger charge is -2.16. The molecule has 0 saturated heterocycles. The summed E-state index contributed by atoms with van der Waals surface area (Å²) in [6.07, 6.45) is 0. The number of amides is 1. The second-order valence-electron chi connectivity index (χ2n) is 7.22. The van der Waals surface area contributed by atoms with E-state index in [0.717, 1.165) is 16.5 Å². The van der Waals surface area contributed by atoms with Gasteiger partial charge >= 0.3 is 0 Å². The van der Waals surface area contributed by atoms with Gasteiger partial charge in [-0.25, -0.2) is 8.42 Å². The number of nitrogens with one attached hydrogen (secondary N) is 1. The maximum absolute atomic E-state index is 12.3. The zero-order chi connectivity index (χ0) is 22.9. The Kier molecular flexibility index (Phi) is 5.46. The molecule has 0 bridgehead atoms. The predicted molar refractivity (Wildman–Crippen MR) is 124 cm³/mol. The molecule has 0 spiro atoms. The summed E-state index contributed by atoms with van der Waals surface area (Å²) in [5, 5.41) is 0.816. The number of carbonyl (C=O) groups is 1. The minimum atomic E-state index is -3.68. The highest BCUT2D eigenvalue weighted by molar-refractivity contribution is 7.95. The van der Waals surface area contributed by atoms with Crippen molar-refractivity contribution < 1.29 is 17.9 Å². The Morgan fingerprint density at radius 3 is 2.28 bits per heavy atom. The molecule has 0 saturated carbocycles. The first-order valence-corrected chi connectivity index (χ1v) is 11.3. The van der Waals surface area contributed by atoms with Crippen molar-refractivity contribution in [2.24, 2.45) is 11.5 Å². The van der Waals surface area contributed by atoms with Crippen LogP contribution in [0.1, 0.15) is 22.6 Å². The predicted octanol–water partition coefficient (Wildman–Crippen LogP) is 3.66. The van der Waals surface area contributed by atoms with E-state index in [1.54, 1.807) is 18.2 Å². The van der Waals surface area contributed by atoms with E-state index in [2.05, 4.69) is 11.3 Å². The van der Waals surface area contributed by atoms with Crippen molar-refractivity contribution in [2.45, 2.75) is 5.92 Å². The number of hydrogen-bond donors (Lipinski definition) is 3. The largest absolute Gasteiger partial charge is 0.457 e. The number of carbonyl (C=O) groups excluding carboxylic acids is 1. The standard InChI is InChI=1S/C24H21N3O4S/c1-2-32(29,30)27-16-10-13-19-20(14-16)23(25)22(24(26)28)21(19)15-8-11-18(12-9-15)31-17-6-4-3-5-7-17/h2-14,21,27H,1,25H2,(H2,26,28). The summed E-state index contributed by atoms with van der Waals surface area (Å²) in [6, 6.07) is 21.6. The van der Waals surface area contributed by atoms with Crippen LogP contribution in [-0.2, 0) is 14.8 Å². The minimum absolute atomic E-state index is 0.224. The molecule has 3 aromatic rings. The van der Waals surface area contributed by atoms with E-state index in [1.807, 2.05) is 54.6 Å². The molecule has 7 nitrogen and oxygen atoms in total. The molecule has 5 N–H and O–H groups in total. The van der Waals surface area contributed by atoms with Gasteiger partial charge in [0, 0.05) is 28.3 Å².